The van der Waals surface area contributed by atoms with Gasteiger partial charge in [0.05, 0.1) is 18.7 Å². The average Bonchev–Trinajstić information content (AvgIpc) is 3.07. The molecule has 1 fully saturated rings. The number of nitrogens with zero attached hydrogens (tertiary/aromatic N) is 1. The highest BCUT2D eigenvalue weighted by Crippen LogP contribution is 2.37. The first-order chi connectivity index (χ1) is 15.9. The third kappa shape index (κ3) is 5.38. The van der Waals surface area contributed by atoms with E-state index in [1.165, 1.54) is 7.11 Å². The summed E-state index contributed by atoms with van der Waals surface area (Å²) < 4.78 is 12.3. The lowest BCUT2D eigenvalue weighted by Gasteiger charge is -2.14. The Kier molecular flexibility index (Phi) is 7.01. The fourth-order valence-electron chi connectivity index (χ4n) is 3.35. The van der Waals surface area contributed by atoms with Crippen LogP contribution in [0.15, 0.2) is 76.9 Å². The summed E-state index contributed by atoms with van der Waals surface area (Å²) in [5.74, 6) is 0.413. The highest BCUT2D eigenvalue weighted by Gasteiger charge is 2.33. The summed E-state index contributed by atoms with van der Waals surface area (Å²) >= 11 is 9.87. The fraction of sp³-hybridized carbons (Fsp3) is 0.120. The second-order valence-electron chi connectivity index (χ2n) is 7.31. The number of nitrogens with one attached hydrogen (secondary N) is 1. The van der Waals surface area contributed by atoms with E-state index in [2.05, 4.69) is 21.2 Å². The van der Waals surface area contributed by atoms with Crippen molar-refractivity contribution in [2.24, 2.45) is 0 Å². The first kappa shape index (κ1) is 22.9. The lowest BCUT2D eigenvalue weighted by atomic mass is 10.1. The van der Waals surface area contributed by atoms with Gasteiger partial charge in [0.2, 0.25) is 0 Å². The van der Waals surface area contributed by atoms with Crippen LogP contribution in [0.2, 0.25) is 5.02 Å². The second-order valence-corrected chi connectivity index (χ2v) is 8.64. The number of halogens is 2. The molecule has 0 atom stereocenters. The number of urea groups is 1. The van der Waals surface area contributed by atoms with E-state index in [4.69, 9.17) is 21.1 Å². The molecule has 33 heavy (non-hydrogen) atoms. The van der Waals surface area contributed by atoms with Gasteiger partial charge in [-0.2, -0.15) is 0 Å². The van der Waals surface area contributed by atoms with Crippen molar-refractivity contribution in [1.29, 1.82) is 0 Å². The molecule has 0 aromatic heterocycles. The van der Waals surface area contributed by atoms with Gasteiger partial charge in [0.1, 0.15) is 12.3 Å². The molecule has 0 spiro atoms. The molecule has 6 nitrogen and oxygen atoms in total. The molecular formula is C25H20BrClN2O4. The molecule has 1 heterocycles. The maximum atomic E-state index is 12.8. The highest BCUT2D eigenvalue weighted by molar-refractivity contribution is 9.10. The summed E-state index contributed by atoms with van der Waals surface area (Å²) in [6.07, 6.45) is 1.57. The van der Waals surface area contributed by atoms with E-state index in [-0.39, 0.29) is 12.2 Å². The van der Waals surface area contributed by atoms with Crippen LogP contribution >= 0.6 is 27.5 Å². The van der Waals surface area contributed by atoms with Gasteiger partial charge in [-0.15, -0.1) is 0 Å². The molecule has 0 radical (unpaired) electrons. The van der Waals surface area contributed by atoms with Crippen molar-refractivity contribution in [2.75, 3.05) is 7.11 Å². The van der Waals surface area contributed by atoms with Crippen LogP contribution in [0.4, 0.5) is 4.79 Å². The lowest BCUT2D eigenvalue weighted by Crippen LogP contribution is -2.30. The van der Waals surface area contributed by atoms with Crippen molar-refractivity contribution in [3.05, 3.63) is 98.6 Å². The van der Waals surface area contributed by atoms with Gasteiger partial charge < -0.3 is 14.8 Å². The normalized spacial score (nSPS) is 14.5. The van der Waals surface area contributed by atoms with Crippen molar-refractivity contribution in [2.45, 2.75) is 13.2 Å². The Morgan fingerprint density at radius 3 is 2.45 bits per heavy atom. The van der Waals surface area contributed by atoms with Gasteiger partial charge in [-0.1, -0.05) is 70.0 Å². The number of hydrogen-bond donors (Lipinski definition) is 1. The minimum Gasteiger partial charge on any atom is -0.493 e. The zero-order valence-corrected chi connectivity index (χ0v) is 20.0. The van der Waals surface area contributed by atoms with Crippen LogP contribution in [0.5, 0.6) is 11.5 Å². The van der Waals surface area contributed by atoms with E-state index in [0.717, 1.165) is 20.5 Å². The van der Waals surface area contributed by atoms with Gasteiger partial charge in [0.25, 0.3) is 5.91 Å². The number of hydrogen-bond acceptors (Lipinski definition) is 4. The molecule has 1 N–H and O–H groups in total. The van der Waals surface area contributed by atoms with E-state index < -0.39 is 11.9 Å². The third-order valence-electron chi connectivity index (χ3n) is 5.01. The molecular weight excluding hydrogens is 508 g/mol. The van der Waals surface area contributed by atoms with Crippen LogP contribution < -0.4 is 14.8 Å². The smallest absolute Gasteiger partial charge is 0.329 e. The SMILES string of the molecule is COc1cc(/C=C2/NC(=O)N(Cc3ccccc3)C2=O)cc(Cl)c1OCc1ccc(Br)cc1. The zero-order valence-electron chi connectivity index (χ0n) is 17.7. The van der Waals surface area contributed by atoms with Crippen molar-refractivity contribution in [1.82, 2.24) is 10.2 Å². The van der Waals surface area contributed by atoms with Crippen LogP contribution in [0.25, 0.3) is 6.08 Å². The topological polar surface area (TPSA) is 67.9 Å². The molecule has 1 aliphatic rings. The van der Waals surface area contributed by atoms with Gasteiger partial charge in [0, 0.05) is 4.47 Å². The van der Waals surface area contributed by atoms with Gasteiger partial charge in [-0.25, -0.2) is 4.79 Å². The number of carbonyl (C=O) groups is 2. The van der Waals surface area contributed by atoms with E-state index in [1.807, 2.05) is 54.6 Å². The molecule has 1 saturated heterocycles. The summed E-state index contributed by atoms with van der Waals surface area (Å²) in [5, 5.41) is 2.95. The van der Waals surface area contributed by atoms with Gasteiger partial charge in [-0.3, -0.25) is 9.69 Å². The van der Waals surface area contributed by atoms with Crippen molar-refractivity contribution in [3.63, 3.8) is 0 Å². The lowest BCUT2D eigenvalue weighted by molar-refractivity contribution is -0.123. The Labute approximate surface area is 204 Å². The fourth-order valence-corrected chi connectivity index (χ4v) is 3.89. The maximum absolute atomic E-state index is 12.8. The molecule has 0 saturated carbocycles. The standard InChI is InChI=1S/C25H20BrClN2O4/c1-32-22-13-18(11-20(27)23(22)33-15-17-7-9-19(26)10-8-17)12-21-24(30)29(25(31)28-21)14-16-5-3-2-4-6-16/h2-13H,14-15H2,1H3,(H,28,31)/b21-12+. The number of benzene rings is 3. The zero-order chi connectivity index (χ0) is 23.4. The molecule has 168 valence electrons. The molecule has 8 heteroatoms. The van der Waals surface area contributed by atoms with Crippen LogP contribution in [-0.4, -0.2) is 23.9 Å². The predicted octanol–water partition coefficient (Wildman–Crippen LogP) is 5.78. The Hall–Kier alpha value is -3.29. The van der Waals surface area contributed by atoms with Crippen LogP contribution in [-0.2, 0) is 17.9 Å². The summed E-state index contributed by atoms with van der Waals surface area (Å²) in [6.45, 7) is 0.503. The molecule has 0 unspecified atom stereocenters. The first-order valence-corrected chi connectivity index (χ1v) is 11.2. The summed E-state index contributed by atoms with van der Waals surface area (Å²) in [7, 11) is 1.51. The number of amides is 3. The highest BCUT2D eigenvalue weighted by atomic mass is 79.9. The average molecular weight is 528 g/mol. The number of ether oxygens (including phenoxy) is 2. The predicted molar refractivity (Wildman–Crippen MR) is 130 cm³/mol. The minimum absolute atomic E-state index is 0.164. The van der Waals surface area contributed by atoms with E-state index in [0.29, 0.717) is 28.7 Å². The number of imide groups is 1. The second kappa shape index (κ2) is 10.1. The van der Waals surface area contributed by atoms with Crippen molar-refractivity contribution >= 4 is 45.5 Å². The Morgan fingerprint density at radius 1 is 1.03 bits per heavy atom. The van der Waals surface area contributed by atoms with E-state index in [1.54, 1.807) is 18.2 Å². The van der Waals surface area contributed by atoms with Crippen molar-refractivity contribution < 1.29 is 19.1 Å². The molecule has 3 aromatic rings. The van der Waals surface area contributed by atoms with Gasteiger partial charge in [-0.05, 0) is 47.0 Å². The number of rotatable bonds is 7. The molecule has 0 bridgehead atoms. The Morgan fingerprint density at radius 2 is 1.76 bits per heavy atom. The third-order valence-corrected chi connectivity index (χ3v) is 5.81. The molecule has 0 aliphatic carbocycles. The summed E-state index contributed by atoms with van der Waals surface area (Å²) in [6, 6.07) is 20.0. The largest absolute Gasteiger partial charge is 0.493 e. The van der Waals surface area contributed by atoms with Crippen LogP contribution in [0.1, 0.15) is 16.7 Å². The van der Waals surface area contributed by atoms with Gasteiger partial charge >= 0.3 is 6.03 Å². The van der Waals surface area contributed by atoms with Crippen molar-refractivity contribution in [3.8, 4) is 11.5 Å². The molecule has 3 amide bonds. The summed E-state index contributed by atoms with van der Waals surface area (Å²) in [4.78, 5) is 26.3. The molecule has 4 rings (SSSR count). The molecule has 3 aromatic carbocycles. The Balaban J connectivity index is 1.53. The van der Waals surface area contributed by atoms with E-state index >= 15 is 0 Å². The quantitative estimate of drug-likeness (QED) is 0.312. The first-order valence-electron chi connectivity index (χ1n) is 10.1. The van der Waals surface area contributed by atoms with Gasteiger partial charge in [0.15, 0.2) is 11.5 Å². The number of methoxy groups -OCH3 is 1. The monoisotopic (exact) mass is 526 g/mol. The van der Waals surface area contributed by atoms with E-state index in [9.17, 15) is 9.59 Å². The Bertz CT molecular complexity index is 1210. The van der Waals surface area contributed by atoms with Crippen LogP contribution in [0.3, 0.4) is 0 Å². The maximum Gasteiger partial charge on any atom is 0.329 e. The minimum atomic E-state index is -0.470. The van der Waals surface area contributed by atoms with Crippen LogP contribution in [0, 0.1) is 0 Å². The number of carbonyl (C=O) groups excluding carboxylic acids is 2. The summed E-state index contributed by atoms with van der Waals surface area (Å²) in [5.41, 5.74) is 2.59. The molecule has 1 aliphatic heterocycles.